The van der Waals surface area contributed by atoms with E-state index in [2.05, 4.69) is 0 Å². The summed E-state index contributed by atoms with van der Waals surface area (Å²) in [5, 5.41) is 31.1. The molecule has 20 heavy (non-hydrogen) atoms. The van der Waals surface area contributed by atoms with Crippen LogP contribution in [0, 0.1) is 27.2 Å². The van der Waals surface area contributed by atoms with Crippen LogP contribution < -0.4 is 5.63 Å². The van der Waals surface area contributed by atoms with E-state index < -0.39 is 39.0 Å². The topological polar surface area (TPSA) is 137 Å². The van der Waals surface area contributed by atoms with Crippen LogP contribution in [0.1, 0.15) is 11.1 Å². The van der Waals surface area contributed by atoms with Crippen LogP contribution >= 0.6 is 0 Å². The number of non-ortho nitro benzene ring substituents is 1. The molecule has 0 aliphatic rings. The van der Waals surface area contributed by atoms with Gasteiger partial charge in [0.15, 0.2) is 0 Å². The number of nitro groups is 2. The van der Waals surface area contributed by atoms with Crippen molar-refractivity contribution in [1.29, 1.82) is 0 Å². The van der Waals surface area contributed by atoms with E-state index >= 15 is 0 Å². The van der Waals surface area contributed by atoms with Crippen molar-refractivity contribution in [2.24, 2.45) is 0 Å². The third kappa shape index (κ3) is 1.99. The lowest BCUT2D eigenvalue weighted by atomic mass is 10.0. The third-order valence-electron chi connectivity index (χ3n) is 2.79. The SMILES string of the molecule is Cc1cc([N+](=O)[O-])c2oc(=O)cc(CO)c2c1[N+](=O)[O-]. The van der Waals surface area contributed by atoms with Crippen molar-refractivity contribution < 1.29 is 19.4 Å². The smallest absolute Gasteiger partial charge is 0.336 e. The molecule has 104 valence electrons. The first-order valence-corrected chi connectivity index (χ1v) is 5.36. The van der Waals surface area contributed by atoms with E-state index in [1.54, 1.807) is 0 Å². The van der Waals surface area contributed by atoms with E-state index in [9.17, 15) is 30.1 Å². The maximum absolute atomic E-state index is 11.3. The first kappa shape index (κ1) is 13.6. The Balaban J connectivity index is 3.13. The van der Waals surface area contributed by atoms with Crippen LogP contribution in [0.2, 0.25) is 0 Å². The fourth-order valence-electron chi connectivity index (χ4n) is 2.01. The molecule has 0 bridgehead atoms. The molecule has 0 saturated heterocycles. The van der Waals surface area contributed by atoms with Gasteiger partial charge in [-0.1, -0.05) is 0 Å². The first-order valence-electron chi connectivity index (χ1n) is 5.36. The molecule has 0 aliphatic carbocycles. The van der Waals surface area contributed by atoms with E-state index in [0.29, 0.717) is 0 Å². The standard InChI is InChI=1S/C11H8N2O7/c1-5-2-7(12(16)17)11-9(10(5)13(18)19)6(4-14)3-8(15)20-11/h2-3,14H,4H2,1H3. The molecule has 9 heteroatoms. The minimum Gasteiger partial charge on any atom is -0.415 e. The Bertz CT molecular complexity index is 793. The van der Waals surface area contributed by atoms with Crippen molar-refractivity contribution in [3.05, 3.63) is 53.9 Å². The Kier molecular flexibility index (Phi) is 3.20. The molecule has 0 unspecified atom stereocenters. The number of nitro benzene ring substituents is 2. The Morgan fingerprint density at radius 2 is 1.90 bits per heavy atom. The minimum atomic E-state index is -0.928. The number of aryl methyl sites for hydroxylation is 1. The molecule has 0 atom stereocenters. The van der Waals surface area contributed by atoms with Gasteiger partial charge in [0, 0.05) is 23.3 Å². The molecule has 9 nitrogen and oxygen atoms in total. The van der Waals surface area contributed by atoms with Crippen LogP contribution in [0.15, 0.2) is 21.3 Å². The van der Waals surface area contributed by atoms with Gasteiger partial charge in [-0.05, 0) is 6.92 Å². The first-order chi connectivity index (χ1) is 9.36. The summed E-state index contributed by atoms with van der Waals surface area (Å²) in [6.45, 7) is 0.653. The number of hydrogen-bond acceptors (Lipinski definition) is 7. The number of fused-ring (bicyclic) bond motifs is 1. The van der Waals surface area contributed by atoms with Crippen LogP contribution in [0.25, 0.3) is 11.0 Å². The zero-order chi connectivity index (χ0) is 15.0. The molecule has 1 heterocycles. The summed E-state index contributed by atoms with van der Waals surface area (Å²) in [5.41, 5.74) is -2.48. The van der Waals surface area contributed by atoms with Crippen molar-refractivity contribution in [3.63, 3.8) is 0 Å². The average Bonchev–Trinajstić information content (AvgIpc) is 2.36. The molecule has 1 aromatic heterocycles. The second kappa shape index (κ2) is 4.70. The van der Waals surface area contributed by atoms with E-state index in [0.717, 1.165) is 12.1 Å². The minimum absolute atomic E-state index is 0.0396. The van der Waals surface area contributed by atoms with Gasteiger partial charge in [0.2, 0.25) is 5.58 Å². The number of aliphatic hydroxyl groups is 1. The van der Waals surface area contributed by atoms with Gasteiger partial charge in [-0.3, -0.25) is 20.2 Å². The van der Waals surface area contributed by atoms with Crippen molar-refractivity contribution in [1.82, 2.24) is 0 Å². The lowest BCUT2D eigenvalue weighted by molar-refractivity contribution is -0.387. The second-order valence-electron chi connectivity index (χ2n) is 4.03. The molecule has 1 N–H and O–H groups in total. The summed E-state index contributed by atoms with van der Waals surface area (Å²) < 4.78 is 4.73. The highest BCUT2D eigenvalue weighted by molar-refractivity contribution is 5.96. The van der Waals surface area contributed by atoms with E-state index in [1.807, 2.05) is 0 Å². The molecule has 0 saturated carbocycles. The van der Waals surface area contributed by atoms with Crippen LogP contribution in [-0.2, 0) is 6.61 Å². The highest BCUT2D eigenvalue weighted by atomic mass is 16.6. The lowest BCUT2D eigenvalue weighted by Crippen LogP contribution is -2.05. The van der Waals surface area contributed by atoms with E-state index in [1.165, 1.54) is 6.92 Å². The van der Waals surface area contributed by atoms with Gasteiger partial charge in [-0.2, -0.15) is 0 Å². The normalized spacial score (nSPS) is 10.7. The van der Waals surface area contributed by atoms with Gasteiger partial charge >= 0.3 is 11.3 Å². The fourth-order valence-corrected chi connectivity index (χ4v) is 2.01. The van der Waals surface area contributed by atoms with Crippen molar-refractivity contribution in [2.75, 3.05) is 0 Å². The molecule has 0 fully saturated rings. The van der Waals surface area contributed by atoms with Gasteiger partial charge in [-0.25, -0.2) is 4.79 Å². The van der Waals surface area contributed by atoms with E-state index in [-0.39, 0.29) is 16.5 Å². The van der Waals surface area contributed by atoms with Crippen LogP contribution in [0.4, 0.5) is 11.4 Å². The third-order valence-corrected chi connectivity index (χ3v) is 2.79. The predicted molar refractivity (Wildman–Crippen MR) is 66.5 cm³/mol. The summed E-state index contributed by atoms with van der Waals surface area (Å²) in [6, 6.07) is 1.84. The zero-order valence-electron chi connectivity index (χ0n) is 10.2. The summed E-state index contributed by atoms with van der Waals surface area (Å²) in [7, 11) is 0. The number of aliphatic hydroxyl groups excluding tert-OH is 1. The van der Waals surface area contributed by atoms with Crippen molar-refractivity contribution in [2.45, 2.75) is 13.5 Å². The summed E-state index contributed by atoms with van der Waals surface area (Å²) in [5.74, 6) is 0. The summed E-state index contributed by atoms with van der Waals surface area (Å²) in [6.07, 6.45) is 0. The predicted octanol–water partition coefficient (Wildman–Crippen LogP) is 1.41. The quantitative estimate of drug-likeness (QED) is 0.509. The highest BCUT2D eigenvalue weighted by Gasteiger charge is 2.28. The van der Waals surface area contributed by atoms with Crippen LogP contribution in [0.3, 0.4) is 0 Å². The van der Waals surface area contributed by atoms with Crippen LogP contribution in [0.5, 0.6) is 0 Å². The second-order valence-corrected chi connectivity index (χ2v) is 4.03. The molecular weight excluding hydrogens is 272 g/mol. The molecule has 0 radical (unpaired) electrons. The Labute approximate surface area is 110 Å². The van der Waals surface area contributed by atoms with Crippen molar-refractivity contribution in [3.8, 4) is 0 Å². The molecule has 1 aromatic carbocycles. The summed E-state index contributed by atoms with van der Waals surface area (Å²) >= 11 is 0. The Hall–Kier alpha value is -2.81. The van der Waals surface area contributed by atoms with Gasteiger partial charge in [0.25, 0.3) is 5.69 Å². The van der Waals surface area contributed by atoms with Crippen LogP contribution in [-0.4, -0.2) is 15.0 Å². The van der Waals surface area contributed by atoms with Gasteiger partial charge in [-0.15, -0.1) is 0 Å². The Morgan fingerprint density at radius 3 is 2.40 bits per heavy atom. The number of benzene rings is 1. The molecule has 0 amide bonds. The van der Waals surface area contributed by atoms with Gasteiger partial charge in [0.1, 0.15) is 5.39 Å². The van der Waals surface area contributed by atoms with E-state index in [4.69, 9.17) is 4.42 Å². The van der Waals surface area contributed by atoms with Gasteiger partial charge in [0.05, 0.1) is 16.5 Å². The fraction of sp³-hybridized carbons (Fsp3) is 0.182. The number of hydrogen-bond donors (Lipinski definition) is 1. The molecule has 2 rings (SSSR count). The Morgan fingerprint density at radius 1 is 1.25 bits per heavy atom. The maximum Gasteiger partial charge on any atom is 0.336 e. The maximum atomic E-state index is 11.3. The average molecular weight is 280 g/mol. The number of nitrogens with zero attached hydrogens (tertiary/aromatic N) is 2. The molecule has 2 aromatic rings. The molecular formula is C11H8N2O7. The number of rotatable bonds is 3. The molecule has 0 spiro atoms. The largest absolute Gasteiger partial charge is 0.415 e. The summed E-state index contributed by atoms with van der Waals surface area (Å²) in [4.78, 5) is 31.9. The van der Waals surface area contributed by atoms with Crippen molar-refractivity contribution >= 4 is 22.3 Å². The zero-order valence-corrected chi connectivity index (χ0v) is 10.2. The van der Waals surface area contributed by atoms with Gasteiger partial charge < -0.3 is 9.52 Å². The lowest BCUT2D eigenvalue weighted by Gasteiger charge is -2.06. The monoisotopic (exact) mass is 280 g/mol. The highest BCUT2D eigenvalue weighted by Crippen LogP contribution is 2.37. The molecule has 0 aliphatic heterocycles.